The van der Waals surface area contributed by atoms with Gasteiger partial charge in [0.25, 0.3) is 0 Å². The minimum Gasteiger partial charge on any atom is -0.352 e. The van der Waals surface area contributed by atoms with Gasteiger partial charge in [-0.15, -0.1) is 6.58 Å². The zero-order chi connectivity index (χ0) is 21.6. The normalized spacial score (nSPS) is 15.5. The van der Waals surface area contributed by atoms with Crippen LogP contribution in [0.25, 0.3) is 11.1 Å². The van der Waals surface area contributed by atoms with Gasteiger partial charge in [-0.2, -0.15) is 0 Å². The van der Waals surface area contributed by atoms with Crippen LogP contribution in [0.1, 0.15) is 37.3 Å². The van der Waals surface area contributed by atoms with Crippen molar-refractivity contribution in [2.75, 3.05) is 19.6 Å². The van der Waals surface area contributed by atoms with Crippen molar-refractivity contribution in [3.05, 3.63) is 72.3 Å². The third-order valence-electron chi connectivity index (χ3n) is 6.11. The Morgan fingerprint density at radius 1 is 1.10 bits per heavy atom. The Hall–Kier alpha value is -2.88. The number of carbonyl (C=O) groups is 2. The SMILES string of the molecule is C=CCNC(=O)C1(Cc2ccc(-c3cccc(C)c3)cc2)CCN(C(=O)CC)CC1. The number of piperidine rings is 1. The van der Waals surface area contributed by atoms with E-state index in [1.807, 2.05) is 11.8 Å². The first-order valence-corrected chi connectivity index (χ1v) is 10.8. The molecule has 0 bridgehead atoms. The number of rotatable bonds is 7. The average molecular weight is 405 g/mol. The van der Waals surface area contributed by atoms with E-state index >= 15 is 0 Å². The highest BCUT2D eigenvalue weighted by Crippen LogP contribution is 2.36. The molecule has 0 unspecified atom stereocenters. The van der Waals surface area contributed by atoms with Crippen molar-refractivity contribution in [1.29, 1.82) is 0 Å². The molecule has 4 heteroatoms. The van der Waals surface area contributed by atoms with Crippen molar-refractivity contribution >= 4 is 11.8 Å². The van der Waals surface area contributed by atoms with E-state index in [0.29, 0.717) is 45.3 Å². The molecule has 0 atom stereocenters. The molecule has 3 rings (SSSR count). The van der Waals surface area contributed by atoms with Crippen molar-refractivity contribution in [3.63, 3.8) is 0 Å². The second-order valence-electron chi connectivity index (χ2n) is 8.26. The van der Waals surface area contributed by atoms with Crippen LogP contribution in [0.5, 0.6) is 0 Å². The van der Waals surface area contributed by atoms with Crippen molar-refractivity contribution in [1.82, 2.24) is 10.2 Å². The van der Waals surface area contributed by atoms with Gasteiger partial charge >= 0.3 is 0 Å². The highest BCUT2D eigenvalue weighted by atomic mass is 16.2. The van der Waals surface area contributed by atoms with Gasteiger partial charge in [0, 0.05) is 26.1 Å². The van der Waals surface area contributed by atoms with Gasteiger partial charge < -0.3 is 10.2 Å². The number of nitrogens with zero attached hydrogens (tertiary/aromatic N) is 1. The summed E-state index contributed by atoms with van der Waals surface area (Å²) >= 11 is 0. The zero-order valence-electron chi connectivity index (χ0n) is 18.1. The van der Waals surface area contributed by atoms with E-state index in [9.17, 15) is 9.59 Å². The van der Waals surface area contributed by atoms with Gasteiger partial charge in [0.05, 0.1) is 5.41 Å². The van der Waals surface area contributed by atoms with Gasteiger partial charge in [-0.05, 0) is 42.9 Å². The molecule has 1 N–H and O–H groups in total. The molecule has 0 saturated carbocycles. The lowest BCUT2D eigenvalue weighted by molar-refractivity contribution is -0.140. The Kier molecular flexibility index (Phi) is 7.09. The van der Waals surface area contributed by atoms with E-state index < -0.39 is 5.41 Å². The van der Waals surface area contributed by atoms with Crippen LogP contribution in [0, 0.1) is 12.3 Å². The monoisotopic (exact) mass is 404 g/mol. The van der Waals surface area contributed by atoms with Crippen LogP contribution in [-0.4, -0.2) is 36.3 Å². The number of nitrogens with one attached hydrogen (secondary N) is 1. The second kappa shape index (κ2) is 9.75. The summed E-state index contributed by atoms with van der Waals surface area (Å²) in [7, 11) is 0. The molecule has 4 nitrogen and oxygen atoms in total. The molecule has 2 aromatic carbocycles. The van der Waals surface area contributed by atoms with Crippen LogP contribution in [0.15, 0.2) is 61.2 Å². The Bertz CT molecular complexity index is 894. The topological polar surface area (TPSA) is 49.4 Å². The predicted octanol–water partition coefficient (Wildman–Crippen LogP) is 4.53. The fourth-order valence-electron chi connectivity index (χ4n) is 4.27. The van der Waals surface area contributed by atoms with E-state index in [1.165, 1.54) is 16.7 Å². The third-order valence-corrected chi connectivity index (χ3v) is 6.11. The van der Waals surface area contributed by atoms with E-state index in [2.05, 4.69) is 67.4 Å². The summed E-state index contributed by atoms with van der Waals surface area (Å²) in [6.45, 7) is 9.42. The standard InChI is InChI=1S/C26H32N2O2/c1-4-15-27-25(30)26(13-16-28(17-14-26)24(29)5-2)19-21-9-11-22(12-10-21)23-8-6-7-20(3)18-23/h4,6-12,18H,1,5,13-17,19H2,2-3H3,(H,27,30). The van der Waals surface area contributed by atoms with Gasteiger partial charge in [0.1, 0.15) is 0 Å². The average Bonchev–Trinajstić information content (AvgIpc) is 2.78. The molecule has 30 heavy (non-hydrogen) atoms. The number of likely N-dealkylation sites (tertiary alicyclic amines) is 1. The number of amides is 2. The molecule has 2 amide bonds. The van der Waals surface area contributed by atoms with Gasteiger partial charge in [0.2, 0.25) is 11.8 Å². The van der Waals surface area contributed by atoms with Crippen molar-refractivity contribution in [3.8, 4) is 11.1 Å². The second-order valence-corrected chi connectivity index (χ2v) is 8.26. The molecule has 1 aliphatic heterocycles. The van der Waals surface area contributed by atoms with E-state index in [4.69, 9.17) is 0 Å². The number of carbonyl (C=O) groups excluding carboxylic acids is 2. The lowest BCUT2D eigenvalue weighted by Crippen LogP contribution is -2.51. The van der Waals surface area contributed by atoms with Crippen LogP contribution in [0.3, 0.4) is 0 Å². The summed E-state index contributed by atoms with van der Waals surface area (Å²) in [6.07, 6.45) is 4.26. The van der Waals surface area contributed by atoms with Crippen molar-refractivity contribution < 1.29 is 9.59 Å². The van der Waals surface area contributed by atoms with Crippen LogP contribution in [0.2, 0.25) is 0 Å². The summed E-state index contributed by atoms with van der Waals surface area (Å²) in [4.78, 5) is 27.1. The maximum Gasteiger partial charge on any atom is 0.226 e. The lowest BCUT2D eigenvalue weighted by atomic mass is 9.72. The first-order valence-electron chi connectivity index (χ1n) is 10.8. The first kappa shape index (κ1) is 21.8. The molecule has 0 spiro atoms. The summed E-state index contributed by atoms with van der Waals surface area (Å²) in [5.74, 6) is 0.228. The van der Waals surface area contributed by atoms with E-state index in [-0.39, 0.29) is 11.8 Å². The quantitative estimate of drug-likeness (QED) is 0.690. The summed E-state index contributed by atoms with van der Waals surface area (Å²) < 4.78 is 0. The number of hydrogen-bond acceptors (Lipinski definition) is 2. The Morgan fingerprint density at radius 3 is 2.40 bits per heavy atom. The predicted molar refractivity (Wildman–Crippen MR) is 122 cm³/mol. The summed E-state index contributed by atoms with van der Waals surface area (Å²) in [5, 5.41) is 3.00. The Labute approximate surface area is 180 Å². The van der Waals surface area contributed by atoms with Crippen LogP contribution < -0.4 is 5.32 Å². The van der Waals surface area contributed by atoms with E-state index in [0.717, 1.165) is 5.56 Å². The van der Waals surface area contributed by atoms with Crippen molar-refractivity contribution in [2.45, 2.75) is 39.5 Å². The molecule has 1 fully saturated rings. The first-order chi connectivity index (χ1) is 14.5. The fraction of sp³-hybridized carbons (Fsp3) is 0.385. The molecule has 0 aliphatic carbocycles. The Morgan fingerprint density at radius 2 is 1.80 bits per heavy atom. The highest BCUT2D eigenvalue weighted by Gasteiger charge is 2.41. The third kappa shape index (κ3) is 4.99. The van der Waals surface area contributed by atoms with Gasteiger partial charge in [-0.3, -0.25) is 9.59 Å². The van der Waals surface area contributed by atoms with Crippen LogP contribution >= 0.6 is 0 Å². The summed E-state index contributed by atoms with van der Waals surface area (Å²) in [6, 6.07) is 17.0. The summed E-state index contributed by atoms with van der Waals surface area (Å²) in [5.41, 5.74) is 4.28. The Balaban J connectivity index is 1.78. The smallest absolute Gasteiger partial charge is 0.226 e. The molecule has 1 saturated heterocycles. The molecule has 0 radical (unpaired) electrons. The van der Waals surface area contributed by atoms with E-state index in [1.54, 1.807) is 6.08 Å². The maximum atomic E-state index is 13.1. The van der Waals surface area contributed by atoms with Crippen LogP contribution in [0.4, 0.5) is 0 Å². The minimum absolute atomic E-state index is 0.0637. The zero-order valence-corrected chi connectivity index (χ0v) is 18.1. The largest absolute Gasteiger partial charge is 0.352 e. The molecule has 0 aromatic heterocycles. The lowest BCUT2D eigenvalue weighted by Gasteiger charge is -2.41. The molecule has 1 heterocycles. The fourth-order valence-corrected chi connectivity index (χ4v) is 4.27. The maximum absolute atomic E-state index is 13.1. The minimum atomic E-state index is -0.488. The van der Waals surface area contributed by atoms with Gasteiger partial charge in [-0.1, -0.05) is 67.1 Å². The van der Waals surface area contributed by atoms with Gasteiger partial charge in [-0.25, -0.2) is 0 Å². The number of benzene rings is 2. The van der Waals surface area contributed by atoms with Crippen molar-refractivity contribution in [2.24, 2.45) is 5.41 Å². The number of hydrogen-bond donors (Lipinski definition) is 1. The molecule has 158 valence electrons. The highest BCUT2D eigenvalue weighted by molar-refractivity contribution is 5.84. The molecule has 1 aliphatic rings. The molecular formula is C26H32N2O2. The molecular weight excluding hydrogens is 372 g/mol. The van der Waals surface area contributed by atoms with Crippen LogP contribution in [-0.2, 0) is 16.0 Å². The molecule has 2 aromatic rings. The van der Waals surface area contributed by atoms with Gasteiger partial charge in [0.15, 0.2) is 0 Å². The number of aryl methyl sites for hydroxylation is 1.